The Bertz CT molecular complexity index is 810. The van der Waals surface area contributed by atoms with E-state index in [0.717, 1.165) is 24.6 Å². The Balaban J connectivity index is 2.36. The average molecular weight is 450 g/mol. The molecule has 1 atom stereocenters. The molecule has 0 aliphatic heterocycles. The summed E-state index contributed by atoms with van der Waals surface area (Å²) in [6, 6.07) is 7.19. The van der Waals surface area contributed by atoms with Crippen LogP contribution >= 0.6 is 27.7 Å². The zero-order chi connectivity index (χ0) is 19.5. The van der Waals surface area contributed by atoms with Crippen LogP contribution in [-0.4, -0.2) is 11.2 Å². The number of halogens is 5. The van der Waals surface area contributed by atoms with Crippen LogP contribution in [-0.2, 0) is 6.18 Å². The lowest BCUT2D eigenvalue weighted by atomic mass is 10.1. The smallest absolute Gasteiger partial charge is 0.321 e. The Morgan fingerprint density at radius 3 is 2.54 bits per heavy atom. The summed E-state index contributed by atoms with van der Waals surface area (Å²) in [5.41, 5.74) is -1.39. The van der Waals surface area contributed by atoms with E-state index in [1.165, 1.54) is 30.0 Å². The summed E-state index contributed by atoms with van der Waals surface area (Å²) >= 11 is 4.43. The minimum Gasteiger partial charge on any atom is -0.321 e. The van der Waals surface area contributed by atoms with Crippen LogP contribution < -0.4 is 5.32 Å². The van der Waals surface area contributed by atoms with Crippen molar-refractivity contribution in [1.29, 1.82) is 0 Å². The molecule has 0 aromatic heterocycles. The minimum atomic E-state index is -4.63. The van der Waals surface area contributed by atoms with Crippen molar-refractivity contribution < 1.29 is 22.4 Å². The van der Waals surface area contributed by atoms with E-state index < -0.39 is 23.5 Å². The lowest BCUT2D eigenvalue weighted by Gasteiger charge is -2.17. The predicted molar refractivity (Wildman–Crippen MR) is 99.1 cm³/mol. The summed E-state index contributed by atoms with van der Waals surface area (Å²) in [6.07, 6.45) is -3.81. The van der Waals surface area contributed by atoms with Gasteiger partial charge in [0.1, 0.15) is 5.82 Å². The van der Waals surface area contributed by atoms with Gasteiger partial charge < -0.3 is 5.32 Å². The van der Waals surface area contributed by atoms with Gasteiger partial charge in [0.2, 0.25) is 0 Å². The van der Waals surface area contributed by atoms with Crippen LogP contribution in [0.4, 0.5) is 23.2 Å². The first-order valence-corrected chi connectivity index (χ1v) is 9.43. The molecule has 1 unspecified atom stereocenters. The van der Waals surface area contributed by atoms with Gasteiger partial charge in [0.15, 0.2) is 0 Å². The van der Waals surface area contributed by atoms with E-state index in [1.54, 1.807) is 0 Å². The quantitative estimate of drug-likeness (QED) is 0.403. The van der Waals surface area contributed by atoms with Gasteiger partial charge in [-0.25, -0.2) is 4.39 Å². The van der Waals surface area contributed by atoms with E-state index >= 15 is 0 Å². The van der Waals surface area contributed by atoms with Gasteiger partial charge in [0.05, 0.1) is 16.8 Å². The van der Waals surface area contributed by atoms with E-state index in [1.807, 2.05) is 13.8 Å². The van der Waals surface area contributed by atoms with Crippen molar-refractivity contribution >= 4 is 39.3 Å². The lowest BCUT2D eigenvalue weighted by Crippen LogP contribution is -2.17. The van der Waals surface area contributed by atoms with Crippen molar-refractivity contribution in [2.45, 2.75) is 36.6 Å². The fourth-order valence-corrected chi connectivity index (χ4v) is 3.51. The van der Waals surface area contributed by atoms with E-state index in [4.69, 9.17) is 0 Å². The van der Waals surface area contributed by atoms with Crippen molar-refractivity contribution in [2.24, 2.45) is 0 Å². The number of carbonyl (C=O) groups is 1. The van der Waals surface area contributed by atoms with Gasteiger partial charge in [-0.15, -0.1) is 11.8 Å². The summed E-state index contributed by atoms with van der Waals surface area (Å²) in [7, 11) is 0. The van der Waals surface area contributed by atoms with E-state index in [2.05, 4.69) is 21.2 Å². The molecular weight excluding hydrogens is 434 g/mol. The first-order valence-electron chi connectivity index (χ1n) is 7.76. The van der Waals surface area contributed by atoms with Crippen LogP contribution in [0.5, 0.6) is 0 Å². The fourth-order valence-electron chi connectivity index (χ4n) is 2.12. The molecule has 0 bridgehead atoms. The third-order valence-corrected chi connectivity index (χ3v) is 5.58. The number of rotatable bonds is 5. The molecule has 2 aromatic carbocycles. The third-order valence-electron chi connectivity index (χ3n) is 3.63. The molecule has 0 radical (unpaired) electrons. The highest BCUT2D eigenvalue weighted by atomic mass is 79.9. The van der Waals surface area contributed by atoms with Gasteiger partial charge in [0, 0.05) is 14.6 Å². The molecule has 0 saturated heterocycles. The SMILES string of the molecule is CCC(C)Sc1ccc(NC(=O)c2cc(F)ccc2Br)c(C(F)(F)F)c1. The first-order chi connectivity index (χ1) is 12.1. The molecule has 26 heavy (non-hydrogen) atoms. The largest absolute Gasteiger partial charge is 0.418 e. The van der Waals surface area contributed by atoms with Gasteiger partial charge in [-0.1, -0.05) is 13.8 Å². The van der Waals surface area contributed by atoms with E-state index in [9.17, 15) is 22.4 Å². The Morgan fingerprint density at radius 2 is 1.92 bits per heavy atom. The summed E-state index contributed by atoms with van der Waals surface area (Å²) in [6.45, 7) is 3.88. The first kappa shape index (κ1) is 20.8. The maximum atomic E-state index is 13.4. The minimum absolute atomic E-state index is 0.0869. The molecule has 0 aliphatic rings. The molecule has 0 heterocycles. The Morgan fingerprint density at radius 1 is 1.23 bits per heavy atom. The molecule has 8 heteroatoms. The highest BCUT2D eigenvalue weighted by molar-refractivity contribution is 9.10. The normalized spacial score (nSPS) is 12.7. The highest BCUT2D eigenvalue weighted by Crippen LogP contribution is 2.38. The summed E-state index contributed by atoms with van der Waals surface area (Å²) < 4.78 is 53.9. The number of carbonyl (C=O) groups excluding carboxylic acids is 1. The number of alkyl halides is 3. The number of thioether (sulfide) groups is 1. The molecule has 1 amide bonds. The van der Waals surface area contributed by atoms with Crippen LogP contribution in [0.25, 0.3) is 0 Å². The molecule has 1 N–H and O–H groups in total. The maximum Gasteiger partial charge on any atom is 0.418 e. The average Bonchev–Trinajstić information content (AvgIpc) is 2.57. The number of hydrogen-bond donors (Lipinski definition) is 1. The van der Waals surface area contributed by atoms with E-state index in [-0.39, 0.29) is 21.0 Å². The molecule has 2 nitrogen and oxygen atoms in total. The third kappa shape index (κ3) is 5.23. The van der Waals surface area contributed by atoms with E-state index in [0.29, 0.717) is 4.90 Å². The monoisotopic (exact) mass is 449 g/mol. The Kier molecular flexibility index (Phi) is 6.74. The topological polar surface area (TPSA) is 29.1 Å². The Labute approximate surface area is 161 Å². The maximum absolute atomic E-state index is 13.4. The number of nitrogens with one attached hydrogen (secondary N) is 1. The number of amides is 1. The molecular formula is C18H16BrF4NOS. The number of hydrogen-bond acceptors (Lipinski definition) is 2. The summed E-state index contributed by atoms with van der Waals surface area (Å²) in [5.74, 6) is -1.49. The van der Waals surface area contributed by atoms with Crippen LogP contribution in [0, 0.1) is 5.82 Å². The van der Waals surface area contributed by atoms with Crippen LogP contribution in [0.1, 0.15) is 36.2 Å². The van der Waals surface area contributed by atoms with Crippen molar-refractivity contribution in [3.8, 4) is 0 Å². The molecule has 0 aliphatic carbocycles. The van der Waals surface area contributed by atoms with Crippen molar-refractivity contribution in [3.63, 3.8) is 0 Å². The van der Waals surface area contributed by atoms with Gasteiger partial charge in [-0.05, 0) is 58.7 Å². The van der Waals surface area contributed by atoms with Gasteiger partial charge in [0.25, 0.3) is 5.91 Å². The zero-order valence-electron chi connectivity index (χ0n) is 14.0. The lowest BCUT2D eigenvalue weighted by molar-refractivity contribution is -0.137. The molecule has 2 rings (SSSR count). The molecule has 0 spiro atoms. The fraction of sp³-hybridized carbons (Fsp3) is 0.278. The number of anilines is 1. The second-order valence-electron chi connectivity index (χ2n) is 5.62. The van der Waals surface area contributed by atoms with Crippen LogP contribution in [0.2, 0.25) is 0 Å². The number of benzene rings is 2. The second kappa shape index (κ2) is 8.43. The summed E-state index contributed by atoms with van der Waals surface area (Å²) in [4.78, 5) is 12.8. The van der Waals surface area contributed by atoms with Crippen LogP contribution in [0.15, 0.2) is 45.8 Å². The van der Waals surface area contributed by atoms with Crippen LogP contribution in [0.3, 0.4) is 0 Å². The molecule has 0 saturated carbocycles. The van der Waals surface area contributed by atoms with Crippen molar-refractivity contribution in [1.82, 2.24) is 0 Å². The van der Waals surface area contributed by atoms with Gasteiger partial charge >= 0.3 is 6.18 Å². The van der Waals surface area contributed by atoms with Crippen molar-refractivity contribution in [3.05, 3.63) is 57.8 Å². The highest BCUT2D eigenvalue weighted by Gasteiger charge is 2.34. The predicted octanol–water partition coefficient (Wildman–Crippen LogP) is 6.75. The Hall–Kier alpha value is -1.54. The molecule has 0 fully saturated rings. The second-order valence-corrected chi connectivity index (χ2v) is 7.99. The van der Waals surface area contributed by atoms with Gasteiger partial charge in [-0.3, -0.25) is 4.79 Å². The van der Waals surface area contributed by atoms with Gasteiger partial charge in [-0.2, -0.15) is 13.2 Å². The summed E-state index contributed by atoms with van der Waals surface area (Å²) in [5, 5.41) is 2.40. The zero-order valence-corrected chi connectivity index (χ0v) is 16.4. The molecule has 140 valence electrons. The molecule has 2 aromatic rings. The standard InChI is InChI=1S/C18H16BrF4NOS/c1-3-10(2)26-12-5-7-16(14(9-12)18(21,22)23)24-17(25)13-8-11(20)4-6-15(13)19/h4-10H,3H2,1-2H3,(H,24,25). The van der Waals surface area contributed by atoms with Crippen molar-refractivity contribution in [2.75, 3.05) is 5.32 Å².